The molecule has 144 valence electrons. The molecule has 2 aromatic carbocycles. The largest absolute Gasteiger partial charge is 0.496 e. The van der Waals surface area contributed by atoms with Crippen LogP contribution in [-0.4, -0.2) is 33.9 Å². The molecule has 0 amide bonds. The Balaban J connectivity index is 2.11. The van der Waals surface area contributed by atoms with Crippen LogP contribution in [0, 0.1) is 0 Å². The highest BCUT2D eigenvalue weighted by Crippen LogP contribution is 2.37. The lowest BCUT2D eigenvalue weighted by Gasteiger charge is -2.17. The number of aromatic nitrogens is 1. The van der Waals surface area contributed by atoms with Gasteiger partial charge in [0.15, 0.2) is 16.3 Å². The zero-order valence-electron chi connectivity index (χ0n) is 15.3. The van der Waals surface area contributed by atoms with Crippen molar-refractivity contribution >= 4 is 26.8 Å². The van der Waals surface area contributed by atoms with Crippen LogP contribution in [0.1, 0.15) is 13.8 Å². The predicted molar refractivity (Wildman–Crippen MR) is 100 cm³/mol. The van der Waals surface area contributed by atoms with Crippen molar-refractivity contribution in [2.24, 2.45) is 0 Å². The molecule has 3 rings (SSSR count). The number of anilines is 1. The van der Waals surface area contributed by atoms with Crippen LogP contribution in [0.2, 0.25) is 0 Å². The monoisotopic (exact) mass is 392 g/mol. The maximum absolute atomic E-state index is 13.1. The zero-order chi connectivity index (χ0) is 19.6. The van der Waals surface area contributed by atoms with Gasteiger partial charge in [-0.25, -0.2) is 8.42 Å². The number of ether oxygens (including phenoxy) is 3. The molecule has 0 saturated heterocycles. The van der Waals surface area contributed by atoms with Crippen LogP contribution in [0.4, 0.5) is 5.82 Å². The van der Waals surface area contributed by atoms with E-state index in [0.717, 1.165) is 0 Å². The van der Waals surface area contributed by atoms with Crippen molar-refractivity contribution in [3.63, 3.8) is 0 Å². The van der Waals surface area contributed by atoms with E-state index in [-0.39, 0.29) is 28.3 Å². The van der Waals surface area contributed by atoms with Crippen molar-refractivity contribution in [2.75, 3.05) is 18.9 Å². The van der Waals surface area contributed by atoms with Crippen LogP contribution in [0.15, 0.2) is 45.8 Å². The highest BCUT2D eigenvalue weighted by molar-refractivity contribution is 7.93. The maximum Gasteiger partial charge on any atom is 0.270 e. The van der Waals surface area contributed by atoms with Crippen LogP contribution in [0.3, 0.4) is 0 Å². The second-order valence-corrected chi connectivity index (χ2v) is 7.54. The summed E-state index contributed by atoms with van der Waals surface area (Å²) in [5.41, 5.74) is 0.394. The summed E-state index contributed by atoms with van der Waals surface area (Å²) in [6, 6.07) is 9.85. The third kappa shape index (κ3) is 3.63. The summed E-state index contributed by atoms with van der Waals surface area (Å²) >= 11 is 0. The molecule has 0 atom stereocenters. The molecule has 0 aliphatic heterocycles. The summed E-state index contributed by atoms with van der Waals surface area (Å²) in [5, 5.41) is 4.25. The number of sulfonamides is 1. The molecule has 0 bridgehead atoms. The molecule has 0 unspecified atom stereocenters. The minimum absolute atomic E-state index is 0.0175. The van der Waals surface area contributed by atoms with E-state index < -0.39 is 10.0 Å². The Hall–Kier alpha value is -2.94. The second kappa shape index (κ2) is 7.36. The third-order valence-electron chi connectivity index (χ3n) is 3.71. The van der Waals surface area contributed by atoms with Gasteiger partial charge in [-0.2, -0.15) is 0 Å². The van der Waals surface area contributed by atoms with Crippen LogP contribution in [-0.2, 0) is 10.0 Å². The van der Waals surface area contributed by atoms with Gasteiger partial charge in [0.05, 0.1) is 20.3 Å². The Morgan fingerprint density at radius 1 is 1.00 bits per heavy atom. The first-order chi connectivity index (χ1) is 12.9. The Bertz CT molecular complexity index is 1060. The van der Waals surface area contributed by atoms with Crippen LogP contribution < -0.4 is 18.9 Å². The van der Waals surface area contributed by atoms with E-state index in [0.29, 0.717) is 16.7 Å². The summed E-state index contributed by atoms with van der Waals surface area (Å²) in [6.07, 6.45) is -0.223. The summed E-state index contributed by atoms with van der Waals surface area (Å²) in [6.45, 7) is 3.61. The lowest BCUT2D eigenvalue weighted by molar-refractivity contribution is 0.233. The van der Waals surface area contributed by atoms with Gasteiger partial charge in [0.2, 0.25) is 0 Å². The second-order valence-electron chi connectivity index (χ2n) is 5.92. The van der Waals surface area contributed by atoms with Gasteiger partial charge in [0.1, 0.15) is 22.6 Å². The van der Waals surface area contributed by atoms with Crippen molar-refractivity contribution in [1.29, 1.82) is 0 Å². The fraction of sp³-hybridized carbons (Fsp3) is 0.278. The van der Waals surface area contributed by atoms with Gasteiger partial charge in [-0.05, 0) is 38.1 Å². The average molecular weight is 392 g/mol. The number of rotatable bonds is 7. The molecule has 3 aromatic rings. The number of nitrogens with zero attached hydrogens (tertiary/aromatic N) is 1. The molecule has 0 spiro atoms. The van der Waals surface area contributed by atoms with Crippen molar-refractivity contribution in [1.82, 2.24) is 5.16 Å². The Kier molecular flexibility index (Phi) is 5.13. The molecule has 9 heteroatoms. The summed E-state index contributed by atoms with van der Waals surface area (Å²) in [5.74, 6) is 0.783. The maximum atomic E-state index is 13.1. The molecule has 0 fully saturated rings. The molecule has 1 N–H and O–H groups in total. The predicted octanol–water partition coefficient (Wildman–Crippen LogP) is 3.43. The van der Waals surface area contributed by atoms with Crippen LogP contribution >= 0.6 is 0 Å². The molecule has 1 heterocycles. The number of methoxy groups -OCH3 is 2. The van der Waals surface area contributed by atoms with E-state index in [4.69, 9.17) is 18.7 Å². The van der Waals surface area contributed by atoms with Crippen molar-refractivity contribution in [2.45, 2.75) is 24.8 Å². The lowest BCUT2D eigenvalue weighted by atomic mass is 10.2. The van der Waals surface area contributed by atoms with Gasteiger partial charge in [0.25, 0.3) is 10.0 Å². The molecule has 0 saturated carbocycles. The molecule has 27 heavy (non-hydrogen) atoms. The zero-order valence-corrected chi connectivity index (χ0v) is 16.2. The van der Waals surface area contributed by atoms with E-state index in [1.54, 1.807) is 50.2 Å². The quantitative estimate of drug-likeness (QED) is 0.657. The first-order valence-electron chi connectivity index (χ1n) is 8.16. The minimum atomic E-state index is -4.10. The first kappa shape index (κ1) is 18.8. The molecule has 8 nitrogen and oxygen atoms in total. The molecule has 0 aliphatic carbocycles. The van der Waals surface area contributed by atoms with Gasteiger partial charge in [0, 0.05) is 0 Å². The van der Waals surface area contributed by atoms with E-state index >= 15 is 0 Å². The summed E-state index contributed by atoms with van der Waals surface area (Å²) in [4.78, 5) is -0.118. The molecular weight excluding hydrogens is 372 g/mol. The Morgan fingerprint density at radius 3 is 2.30 bits per heavy atom. The number of nitrogens with one attached hydrogen (secondary N) is 1. The van der Waals surface area contributed by atoms with Gasteiger partial charge in [-0.15, -0.1) is 0 Å². The average Bonchev–Trinajstić information content (AvgIpc) is 3.03. The first-order valence-corrected chi connectivity index (χ1v) is 9.64. The minimum Gasteiger partial charge on any atom is -0.496 e. The number of fused-ring (bicyclic) bond motifs is 1. The van der Waals surface area contributed by atoms with Gasteiger partial charge >= 0.3 is 0 Å². The van der Waals surface area contributed by atoms with Gasteiger partial charge in [-0.3, -0.25) is 4.72 Å². The van der Waals surface area contributed by atoms with E-state index in [1.165, 1.54) is 14.2 Å². The van der Waals surface area contributed by atoms with Crippen molar-refractivity contribution < 1.29 is 27.2 Å². The highest BCUT2D eigenvalue weighted by Gasteiger charge is 2.28. The van der Waals surface area contributed by atoms with E-state index in [2.05, 4.69) is 9.88 Å². The Labute approximate surface area is 157 Å². The van der Waals surface area contributed by atoms with Gasteiger partial charge in [-0.1, -0.05) is 17.3 Å². The number of hydrogen-bond acceptors (Lipinski definition) is 7. The van der Waals surface area contributed by atoms with Crippen molar-refractivity contribution in [3.8, 4) is 17.2 Å². The standard InChI is InChI=1S/C18H20N2O6S/c1-11(2)25-15-10-6-9-14(24-4)17(15)27(21,22)20-18-16-12(23-3)7-5-8-13(16)26-19-18/h5-11H,1-4H3,(H,19,20). The molecule has 0 aliphatic rings. The fourth-order valence-corrected chi connectivity index (χ4v) is 3.94. The Morgan fingerprint density at radius 2 is 1.63 bits per heavy atom. The number of benzene rings is 2. The molecule has 1 aromatic heterocycles. The molecule has 0 radical (unpaired) electrons. The summed E-state index contributed by atoms with van der Waals surface area (Å²) in [7, 11) is -1.22. The SMILES string of the molecule is COc1cccc(OC(C)C)c1S(=O)(=O)Nc1noc2cccc(OC)c12. The molecular formula is C18H20N2O6S. The van der Waals surface area contributed by atoms with Gasteiger partial charge < -0.3 is 18.7 Å². The lowest BCUT2D eigenvalue weighted by Crippen LogP contribution is -2.17. The fourth-order valence-electron chi connectivity index (χ4n) is 2.65. The topological polar surface area (TPSA) is 99.9 Å². The van der Waals surface area contributed by atoms with E-state index in [9.17, 15) is 8.42 Å². The highest BCUT2D eigenvalue weighted by atomic mass is 32.2. The normalized spacial score (nSPS) is 11.6. The van der Waals surface area contributed by atoms with Crippen LogP contribution in [0.25, 0.3) is 11.0 Å². The van der Waals surface area contributed by atoms with Crippen LogP contribution in [0.5, 0.6) is 17.2 Å². The smallest absolute Gasteiger partial charge is 0.270 e. The van der Waals surface area contributed by atoms with E-state index in [1.807, 2.05) is 0 Å². The third-order valence-corrected chi connectivity index (χ3v) is 5.11. The number of hydrogen-bond donors (Lipinski definition) is 1. The summed E-state index contributed by atoms with van der Waals surface area (Å²) < 4.78 is 50.1. The van der Waals surface area contributed by atoms with Crippen molar-refractivity contribution in [3.05, 3.63) is 36.4 Å².